The van der Waals surface area contributed by atoms with Crippen LogP contribution in [0.25, 0.3) is 0 Å². The summed E-state index contributed by atoms with van der Waals surface area (Å²) in [5.74, 6) is 0.318. The number of pyridine rings is 1. The standard InChI is InChI=1S/C18H20N2O7/c1-24-14-9-16(26-3)15(25-2)8-13(14)10-19-17(21)11-27-18(22)12-4-6-20(23)7-5-12/h4-9H,10-11H2,1-3H3,(H,19,21). The van der Waals surface area contributed by atoms with E-state index in [1.165, 1.54) is 45.9 Å². The van der Waals surface area contributed by atoms with Crippen molar-refractivity contribution in [1.29, 1.82) is 0 Å². The first-order chi connectivity index (χ1) is 13.0. The number of carbonyl (C=O) groups is 2. The van der Waals surface area contributed by atoms with E-state index in [1.807, 2.05) is 0 Å². The van der Waals surface area contributed by atoms with Crippen LogP contribution in [-0.4, -0.2) is 39.8 Å². The smallest absolute Gasteiger partial charge is 0.339 e. The van der Waals surface area contributed by atoms with Gasteiger partial charge in [0, 0.05) is 30.3 Å². The second kappa shape index (κ2) is 9.27. The molecule has 1 aromatic heterocycles. The number of amides is 1. The van der Waals surface area contributed by atoms with Gasteiger partial charge in [-0.25, -0.2) is 4.79 Å². The number of methoxy groups -OCH3 is 3. The average Bonchev–Trinajstić information content (AvgIpc) is 2.70. The first kappa shape index (κ1) is 19.8. The Labute approximate surface area is 156 Å². The van der Waals surface area contributed by atoms with E-state index in [0.29, 0.717) is 27.5 Å². The zero-order chi connectivity index (χ0) is 19.8. The fraction of sp³-hybridized carbons (Fsp3) is 0.278. The van der Waals surface area contributed by atoms with Crippen LogP contribution in [0.5, 0.6) is 17.2 Å². The highest BCUT2D eigenvalue weighted by atomic mass is 16.5. The number of rotatable bonds is 8. The van der Waals surface area contributed by atoms with E-state index in [0.717, 1.165) is 0 Å². The van der Waals surface area contributed by atoms with Gasteiger partial charge in [0.2, 0.25) is 0 Å². The molecule has 1 heterocycles. The normalized spacial score (nSPS) is 10.0. The molecule has 0 saturated heterocycles. The van der Waals surface area contributed by atoms with Gasteiger partial charge in [-0.05, 0) is 6.07 Å². The maximum atomic E-state index is 11.9. The molecule has 1 aromatic carbocycles. The molecule has 9 heteroatoms. The van der Waals surface area contributed by atoms with Crippen LogP contribution >= 0.6 is 0 Å². The Bertz CT molecular complexity index is 806. The Morgan fingerprint density at radius 2 is 1.59 bits per heavy atom. The molecule has 0 unspecified atom stereocenters. The van der Waals surface area contributed by atoms with E-state index >= 15 is 0 Å². The molecule has 0 spiro atoms. The predicted octanol–water partition coefficient (Wildman–Crippen LogP) is 0.819. The Kier molecular flexibility index (Phi) is 6.81. The van der Waals surface area contributed by atoms with Crippen molar-refractivity contribution in [2.24, 2.45) is 0 Å². The highest BCUT2D eigenvalue weighted by Crippen LogP contribution is 2.34. The van der Waals surface area contributed by atoms with Gasteiger partial charge in [-0.2, -0.15) is 4.73 Å². The van der Waals surface area contributed by atoms with Crippen LogP contribution in [0.1, 0.15) is 15.9 Å². The molecule has 2 aromatic rings. The summed E-state index contributed by atoms with van der Waals surface area (Å²) in [6.07, 6.45) is 2.33. The molecule has 0 aliphatic heterocycles. The van der Waals surface area contributed by atoms with Crippen LogP contribution in [0, 0.1) is 5.21 Å². The van der Waals surface area contributed by atoms with Crippen LogP contribution < -0.4 is 24.3 Å². The molecule has 2 rings (SSSR count). The highest BCUT2D eigenvalue weighted by molar-refractivity contribution is 5.91. The summed E-state index contributed by atoms with van der Waals surface area (Å²) < 4.78 is 21.2. The van der Waals surface area contributed by atoms with Gasteiger partial charge < -0.3 is 29.5 Å². The monoisotopic (exact) mass is 376 g/mol. The molecule has 0 fully saturated rings. The molecule has 9 nitrogen and oxygen atoms in total. The zero-order valence-electron chi connectivity index (χ0n) is 15.2. The minimum atomic E-state index is -0.700. The molecule has 0 saturated carbocycles. The van der Waals surface area contributed by atoms with Crippen LogP contribution in [0.15, 0.2) is 36.7 Å². The molecule has 0 aliphatic rings. The number of carbonyl (C=O) groups excluding carboxylic acids is 2. The Balaban J connectivity index is 1.93. The van der Waals surface area contributed by atoms with E-state index in [9.17, 15) is 14.8 Å². The lowest BCUT2D eigenvalue weighted by atomic mass is 10.1. The van der Waals surface area contributed by atoms with Gasteiger partial charge in [0.1, 0.15) is 5.75 Å². The maximum absolute atomic E-state index is 11.9. The van der Waals surface area contributed by atoms with Gasteiger partial charge in [0.15, 0.2) is 30.5 Å². The fourth-order valence-electron chi connectivity index (χ4n) is 2.24. The molecule has 0 atom stereocenters. The molecular formula is C18H20N2O7. The van der Waals surface area contributed by atoms with Gasteiger partial charge in [0.25, 0.3) is 5.91 Å². The van der Waals surface area contributed by atoms with Crippen molar-refractivity contribution >= 4 is 11.9 Å². The van der Waals surface area contributed by atoms with Crippen molar-refractivity contribution in [3.63, 3.8) is 0 Å². The van der Waals surface area contributed by atoms with Gasteiger partial charge >= 0.3 is 5.97 Å². The average molecular weight is 376 g/mol. The number of aromatic nitrogens is 1. The number of hydrogen-bond donors (Lipinski definition) is 1. The molecule has 1 N–H and O–H groups in total. The number of hydrogen-bond acceptors (Lipinski definition) is 7. The maximum Gasteiger partial charge on any atom is 0.339 e. The quantitative estimate of drug-likeness (QED) is 0.412. The Hall–Kier alpha value is -3.49. The summed E-state index contributed by atoms with van der Waals surface area (Å²) in [4.78, 5) is 23.8. The lowest BCUT2D eigenvalue weighted by molar-refractivity contribution is -0.605. The predicted molar refractivity (Wildman–Crippen MR) is 93.6 cm³/mol. The summed E-state index contributed by atoms with van der Waals surface area (Å²) >= 11 is 0. The van der Waals surface area contributed by atoms with Crippen molar-refractivity contribution in [1.82, 2.24) is 5.32 Å². The van der Waals surface area contributed by atoms with Gasteiger partial charge in [-0.3, -0.25) is 4.79 Å². The zero-order valence-corrected chi connectivity index (χ0v) is 15.2. The third-order valence-electron chi connectivity index (χ3n) is 3.63. The molecular weight excluding hydrogens is 356 g/mol. The molecule has 27 heavy (non-hydrogen) atoms. The summed E-state index contributed by atoms with van der Waals surface area (Å²) in [6, 6.07) is 5.95. The van der Waals surface area contributed by atoms with Crippen LogP contribution in [0.2, 0.25) is 0 Å². The lowest BCUT2D eigenvalue weighted by Gasteiger charge is -2.14. The van der Waals surface area contributed by atoms with Crippen molar-refractivity contribution in [2.75, 3.05) is 27.9 Å². The third-order valence-corrected chi connectivity index (χ3v) is 3.63. The number of nitrogens with one attached hydrogen (secondary N) is 1. The largest absolute Gasteiger partial charge is 0.619 e. The number of ether oxygens (including phenoxy) is 4. The number of esters is 1. The van der Waals surface area contributed by atoms with Crippen molar-refractivity contribution in [2.45, 2.75) is 6.54 Å². The lowest BCUT2D eigenvalue weighted by Crippen LogP contribution is -2.29. The molecule has 0 bridgehead atoms. The summed E-state index contributed by atoms with van der Waals surface area (Å²) in [5, 5.41) is 13.6. The number of nitrogens with zero attached hydrogens (tertiary/aromatic N) is 1. The van der Waals surface area contributed by atoms with E-state index in [4.69, 9.17) is 18.9 Å². The minimum absolute atomic E-state index is 0.140. The van der Waals surface area contributed by atoms with E-state index < -0.39 is 18.5 Å². The van der Waals surface area contributed by atoms with Crippen LogP contribution in [-0.2, 0) is 16.1 Å². The first-order valence-corrected chi connectivity index (χ1v) is 7.90. The SMILES string of the molecule is COc1cc(OC)c(OC)cc1CNC(=O)COC(=O)c1cc[n+]([O-])cc1. The van der Waals surface area contributed by atoms with Crippen LogP contribution in [0.4, 0.5) is 0 Å². The molecule has 0 aliphatic carbocycles. The Morgan fingerprint density at radius 1 is 1.00 bits per heavy atom. The van der Waals surface area contributed by atoms with E-state index in [1.54, 1.807) is 12.1 Å². The minimum Gasteiger partial charge on any atom is -0.619 e. The van der Waals surface area contributed by atoms with E-state index in [-0.39, 0.29) is 12.1 Å². The van der Waals surface area contributed by atoms with Crippen molar-refractivity contribution in [3.05, 3.63) is 53.0 Å². The Morgan fingerprint density at radius 3 is 2.19 bits per heavy atom. The first-order valence-electron chi connectivity index (χ1n) is 7.90. The molecule has 0 radical (unpaired) electrons. The second-order valence-electron chi connectivity index (χ2n) is 5.32. The summed E-state index contributed by atoms with van der Waals surface area (Å²) in [6.45, 7) is -0.317. The van der Waals surface area contributed by atoms with Crippen molar-refractivity contribution < 1.29 is 33.3 Å². The molecule has 1 amide bonds. The van der Waals surface area contributed by atoms with Gasteiger partial charge in [0.05, 0.1) is 26.9 Å². The highest BCUT2D eigenvalue weighted by Gasteiger charge is 2.14. The second-order valence-corrected chi connectivity index (χ2v) is 5.32. The topological polar surface area (TPSA) is 110 Å². The van der Waals surface area contributed by atoms with Crippen molar-refractivity contribution in [3.8, 4) is 17.2 Å². The molecule has 144 valence electrons. The summed E-state index contributed by atoms with van der Waals surface area (Å²) in [5.41, 5.74) is 0.842. The van der Waals surface area contributed by atoms with Gasteiger partial charge in [-0.1, -0.05) is 0 Å². The number of benzene rings is 1. The van der Waals surface area contributed by atoms with E-state index in [2.05, 4.69) is 5.32 Å². The van der Waals surface area contributed by atoms with Gasteiger partial charge in [-0.15, -0.1) is 0 Å². The van der Waals surface area contributed by atoms with Crippen LogP contribution in [0.3, 0.4) is 0 Å². The third kappa shape index (κ3) is 5.24. The fourth-order valence-corrected chi connectivity index (χ4v) is 2.24. The summed E-state index contributed by atoms with van der Waals surface area (Å²) in [7, 11) is 4.51.